The van der Waals surface area contributed by atoms with Gasteiger partial charge in [-0.15, -0.1) is 0 Å². The molecule has 0 saturated carbocycles. The van der Waals surface area contributed by atoms with E-state index in [1.807, 2.05) is 6.92 Å². The first-order valence-electron chi connectivity index (χ1n) is 10.4. The van der Waals surface area contributed by atoms with Crippen molar-refractivity contribution >= 4 is 21.8 Å². The molecule has 0 bridgehead atoms. The van der Waals surface area contributed by atoms with Gasteiger partial charge in [0, 0.05) is 38.1 Å². The lowest BCUT2D eigenvalue weighted by atomic mass is 10.0. The Labute approximate surface area is 183 Å². The van der Waals surface area contributed by atoms with E-state index >= 15 is 0 Å². The second kappa shape index (κ2) is 10.5. The first kappa shape index (κ1) is 22.9. The number of hydrogen-bond acceptors (Lipinski definition) is 5. The predicted octanol–water partition coefficient (Wildman–Crippen LogP) is 1.76. The van der Waals surface area contributed by atoms with E-state index in [2.05, 4.69) is 15.6 Å². The number of aryl methyl sites for hydroxylation is 1. The smallest absolute Gasteiger partial charge is 0.309 e. The molecule has 2 aromatic rings. The number of piperidine rings is 1. The summed E-state index contributed by atoms with van der Waals surface area (Å²) >= 11 is 0. The van der Waals surface area contributed by atoms with Gasteiger partial charge in [-0.25, -0.2) is 8.42 Å². The molecule has 2 amide bonds. The molecule has 31 heavy (non-hydrogen) atoms. The van der Waals surface area contributed by atoms with Gasteiger partial charge in [-0.3, -0.25) is 14.6 Å². The van der Waals surface area contributed by atoms with Crippen LogP contribution in [0, 0.1) is 6.92 Å². The Kier molecular flexibility index (Phi) is 7.75. The molecule has 1 aliphatic heterocycles. The molecule has 1 aromatic heterocycles. The molecule has 2 heterocycles. The molecule has 1 aromatic carbocycles. The molecule has 9 heteroatoms. The lowest BCUT2D eigenvalue weighted by Gasteiger charge is -2.34. The Hall–Kier alpha value is -2.78. The summed E-state index contributed by atoms with van der Waals surface area (Å²) in [6.45, 7) is 2.81. The zero-order valence-electron chi connectivity index (χ0n) is 17.6. The number of amides is 2. The Morgan fingerprint density at radius 1 is 1.10 bits per heavy atom. The average Bonchev–Trinajstić information content (AvgIpc) is 2.78. The van der Waals surface area contributed by atoms with E-state index in [1.165, 1.54) is 4.31 Å². The van der Waals surface area contributed by atoms with Crippen LogP contribution in [0.2, 0.25) is 0 Å². The Morgan fingerprint density at radius 3 is 2.55 bits per heavy atom. The van der Waals surface area contributed by atoms with Gasteiger partial charge >= 0.3 is 11.8 Å². The Morgan fingerprint density at radius 2 is 1.84 bits per heavy atom. The quantitative estimate of drug-likeness (QED) is 0.633. The molecule has 1 aliphatic rings. The fourth-order valence-electron chi connectivity index (χ4n) is 3.62. The standard InChI is InChI=1S/C22H28N4O4S/c1-17-7-9-20(10-8-17)31(29,30)26-14-3-2-6-19(26)11-13-24-21(27)22(28)25-16-18-5-4-12-23-15-18/h4-5,7-10,12,15,19H,2-3,6,11,13-14,16H2,1H3,(H,24,27)(H,25,28)/t19-/m1/s1. The number of carbonyl (C=O) groups is 2. The number of hydrogen-bond donors (Lipinski definition) is 2. The SMILES string of the molecule is Cc1ccc(S(=O)(=O)N2CCCC[C@@H]2CCNC(=O)C(=O)NCc2cccnc2)cc1. The van der Waals surface area contributed by atoms with Gasteiger partial charge < -0.3 is 10.6 Å². The van der Waals surface area contributed by atoms with Crippen LogP contribution in [-0.2, 0) is 26.2 Å². The van der Waals surface area contributed by atoms with Crippen molar-refractivity contribution in [2.45, 2.75) is 50.1 Å². The van der Waals surface area contributed by atoms with Gasteiger partial charge in [-0.1, -0.05) is 30.2 Å². The highest BCUT2D eigenvalue weighted by atomic mass is 32.2. The number of carbonyl (C=O) groups excluding carboxylic acids is 2. The summed E-state index contributed by atoms with van der Waals surface area (Å²) in [5, 5.41) is 5.15. The highest BCUT2D eigenvalue weighted by Crippen LogP contribution is 2.27. The van der Waals surface area contributed by atoms with Crippen molar-refractivity contribution in [2.24, 2.45) is 0 Å². The maximum absolute atomic E-state index is 13.1. The van der Waals surface area contributed by atoms with Crippen molar-refractivity contribution in [3.63, 3.8) is 0 Å². The first-order valence-corrected chi connectivity index (χ1v) is 11.9. The van der Waals surface area contributed by atoms with Crippen LogP contribution in [0.5, 0.6) is 0 Å². The van der Waals surface area contributed by atoms with Gasteiger partial charge in [0.05, 0.1) is 4.90 Å². The maximum atomic E-state index is 13.1. The summed E-state index contributed by atoms with van der Waals surface area (Å²) in [5.74, 6) is -1.45. The number of aromatic nitrogens is 1. The Balaban J connectivity index is 1.52. The van der Waals surface area contributed by atoms with Crippen molar-refractivity contribution in [1.29, 1.82) is 0 Å². The van der Waals surface area contributed by atoms with Gasteiger partial charge in [0.25, 0.3) is 0 Å². The minimum Gasteiger partial charge on any atom is -0.348 e. The second-order valence-corrected chi connectivity index (χ2v) is 9.56. The van der Waals surface area contributed by atoms with Crippen LogP contribution in [-0.4, -0.2) is 48.7 Å². The summed E-state index contributed by atoms with van der Waals surface area (Å²) in [5.41, 5.74) is 1.79. The topological polar surface area (TPSA) is 108 Å². The first-order chi connectivity index (χ1) is 14.9. The summed E-state index contributed by atoms with van der Waals surface area (Å²) in [6, 6.07) is 10.2. The lowest BCUT2D eigenvalue weighted by molar-refractivity contribution is -0.139. The number of rotatable bonds is 7. The lowest BCUT2D eigenvalue weighted by Crippen LogP contribution is -2.46. The third-order valence-corrected chi connectivity index (χ3v) is 7.31. The van der Waals surface area contributed by atoms with Crippen molar-refractivity contribution in [1.82, 2.24) is 19.9 Å². The average molecular weight is 445 g/mol. The molecule has 0 unspecified atom stereocenters. The van der Waals surface area contributed by atoms with Crippen LogP contribution in [0.4, 0.5) is 0 Å². The van der Waals surface area contributed by atoms with Gasteiger partial charge in [0.2, 0.25) is 10.0 Å². The Bertz CT molecular complexity index is 994. The zero-order chi connectivity index (χ0) is 22.3. The van der Waals surface area contributed by atoms with Crippen molar-refractivity contribution in [2.75, 3.05) is 13.1 Å². The van der Waals surface area contributed by atoms with Crippen LogP contribution in [0.3, 0.4) is 0 Å². The van der Waals surface area contributed by atoms with Crippen molar-refractivity contribution < 1.29 is 18.0 Å². The molecule has 1 atom stereocenters. The van der Waals surface area contributed by atoms with Gasteiger partial charge in [0.15, 0.2) is 0 Å². The summed E-state index contributed by atoms with van der Waals surface area (Å²) in [4.78, 5) is 28.3. The van der Waals surface area contributed by atoms with E-state index in [-0.39, 0.29) is 24.0 Å². The van der Waals surface area contributed by atoms with Crippen molar-refractivity contribution in [3.05, 3.63) is 59.9 Å². The van der Waals surface area contributed by atoms with E-state index in [0.717, 1.165) is 30.4 Å². The normalized spacial score (nSPS) is 17.1. The molecule has 1 fully saturated rings. The minimum atomic E-state index is -3.60. The molecule has 0 spiro atoms. The molecule has 3 rings (SSSR count). The third-order valence-electron chi connectivity index (χ3n) is 5.35. The monoisotopic (exact) mass is 444 g/mol. The summed E-state index contributed by atoms with van der Waals surface area (Å²) < 4.78 is 27.7. The predicted molar refractivity (Wildman–Crippen MR) is 116 cm³/mol. The van der Waals surface area contributed by atoms with E-state index in [4.69, 9.17) is 0 Å². The highest BCUT2D eigenvalue weighted by Gasteiger charge is 2.33. The highest BCUT2D eigenvalue weighted by molar-refractivity contribution is 7.89. The van der Waals surface area contributed by atoms with Gasteiger partial charge in [0.1, 0.15) is 0 Å². The molecule has 1 saturated heterocycles. The molecular formula is C22H28N4O4S. The summed E-state index contributed by atoms with van der Waals surface area (Å²) in [7, 11) is -3.60. The number of nitrogens with zero attached hydrogens (tertiary/aromatic N) is 2. The van der Waals surface area contributed by atoms with E-state index < -0.39 is 21.8 Å². The maximum Gasteiger partial charge on any atom is 0.309 e. The van der Waals surface area contributed by atoms with E-state index in [0.29, 0.717) is 13.0 Å². The van der Waals surface area contributed by atoms with Crippen LogP contribution in [0.15, 0.2) is 53.7 Å². The molecule has 0 aliphatic carbocycles. The summed E-state index contributed by atoms with van der Waals surface area (Å²) in [6.07, 6.45) is 6.17. The number of sulfonamides is 1. The number of nitrogens with one attached hydrogen (secondary N) is 2. The number of pyridine rings is 1. The zero-order valence-corrected chi connectivity index (χ0v) is 18.4. The third kappa shape index (κ3) is 6.11. The van der Waals surface area contributed by atoms with Gasteiger partial charge in [-0.2, -0.15) is 4.31 Å². The van der Waals surface area contributed by atoms with Crippen LogP contribution >= 0.6 is 0 Å². The van der Waals surface area contributed by atoms with Crippen LogP contribution in [0.1, 0.15) is 36.8 Å². The second-order valence-electron chi connectivity index (χ2n) is 7.67. The molecule has 0 radical (unpaired) electrons. The van der Waals surface area contributed by atoms with Crippen molar-refractivity contribution in [3.8, 4) is 0 Å². The molecule has 8 nitrogen and oxygen atoms in total. The molecule has 2 N–H and O–H groups in total. The largest absolute Gasteiger partial charge is 0.348 e. The van der Waals surface area contributed by atoms with E-state index in [9.17, 15) is 18.0 Å². The molecule has 166 valence electrons. The van der Waals surface area contributed by atoms with Crippen LogP contribution < -0.4 is 10.6 Å². The van der Waals surface area contributed by atoms with E-state index in [1.54, 1.807) is 48.8 Å². The minimum absolute atomic E-state index is 0.209. The van der Waals surface area contributed by atoms with Crippen LogP contribution in [0.25, 0.3) is 0 Å². The fourth-order valence-corrected chi connectivity index (χ4v) is 5.35. The number of benzene rings is 1. The fraction of sp³-hybridized carbons (Fsp3) is 0.409. The molecular weight excluding hydrogens is 416 g/mol. The van der Waals surface area contributed by atoms with Gasteiger partial charge in [-0.05, 0) is 49.9 Å².